The van der Waals surface area contributed by atoms with Crippen LogP contribution in [0.5, 0.6) is 5.75 Å². The minimum atomic E-state index is -1.66. The average Bonchev–Trinajstić information content (AvgIpc) is 2.80. The van der Waals surface area contributed by atoms with Gasteiger partial charge in [0.25, 0.3) is 0 Å². The third-order valence-corrected chi connectivity index (χ3v) is 5.42. The number of phenols is 1. The maximum Gasteiger partial charge on any atom is 0.328 e. The minimum Gasteiger partial charge on any atom is -0.508 e. The van der Waals surface area contributed by atoms with Crippen LogP contribution in [0.3, 0.4) is 0 Å². The van der Waals surface area contributed by atoms with Crippen molar-refractivity contribution in [1.29, 1.82) is 0 Å². The van der Waals surface area contributed by atoms with Gasteiger partial charge in [-0.25, -0.2) is 4.79 Å². The molecule has 0 spiro atoms. The number of aromatic hydroxyl groups is 1. The molecule has 11 N–H and O–H groups in total. The summed E-state index contributed by atoms with van der Waals surface area (Å²) in [5.74, 6) is -3.88. The number of benzene rings is 1. The molecule has 0 fully saturated rings. The van der Waals surface area contributed by atoms with Crippen molar-refractivity contribution in [3.63, 3.8) is 0 Å². The number of hydrogen-bond acceptors (Lipinski definition) is 9. The SMILES string of the molecule is CC(O)C(NC(=O)C(NC(=O)C(CCCCN)NC(=O)C(N)Cc1ccc(O)cc1)C(C)O)C(=O)O. The lowest BCUT2D eigenvalue weighted by atomic mass is 10.0. The van der Waals surface area contributed by atoms with Crippen LogP contribution in [-0.2, 0) is 25.6 Å². The molecule has 0 aromatic heterocycles. The largest absolute Gasteiger partial charge is 0.508 e. The van der Waals surface area contributed by atoms with Crippen LogP contribution in [-0.4, -0.2) is 87.0 Å². The van der Waals surface area contributed by atoms with E-state index in [2.05, 4.69) is 16.0 Å². The molecule has 0 aliphatic heterocycles. The summed E-state index contributed by atoms with van der Waals surface area (Å²) in [7, 11) is 0. The van der Waals surface area contributed by atoms with Gasteiger partial charge in [0.2, 0.25) is 17.7 Å². The molecule has 0 saturated carbocycles. The molecular weight excluding hydrogens is 474 g/mol. The average molecular weight is 512 g/mol. The molecule has 13 heteroatoms. The van der Waals surface area contributed by atoms with Gasteiger partial charge in [0, 0.05) is 0 Å². The number of phenolic OH excluding ortho intramolecular Hbond substituents is 1. The fourth-order valence-corrected chi connectivity index (χ4v) is 3.31. The fourth-order valence-electron chi connectivity index (χ4n) is 3.31. The monoisotopic (exact) mass is 511 g/mol. The van der Waals surface area contributed by atoms with Crippen LogP contribution in [0.15, 0.2) is 24.3 Å². The van der Waals surface area contributed by atoms with E-state index in [0.29, 0.717) is 24.9 Å². The van der Waals surface area contributed by atoms with Gasteiger partial charge >= 0.3 is 5.97 Å². The van der Waals surface area contributed by atoms with E-state index in [-0.39, 0.29) is 18.6 Å². The Labute approximate surface area is 209 Å². The molecule has 0 bridgehead atoms. The second-order valence-electron chi connectivity index (χ2n) is 8.61. The summed E-state index contributed by atoms with van der Waals surface area (Å²) in [6.45, 7) is 2.75. The quantitative estimate of drug-likeness (QED) is 0.114. The highest BCUT2D eigenvalue weighted by Gasteiger charge is 2.33. The molecule has 1 rings (SSSR count). The summed E-state index contributed by atoms with van der Waals surface area (Å²) in [6, 6.07) is 0.780. The number of carboxylic acids is 1. The molecule has 0 saturated heterocycles. The van der Waals surface area contributed by atoms with Gasteiger partial charge in [-0.1, -0.05) is 12.1 Å². The normalized spacial score (nSPS) is 16.1. The van der Waals surface area contributed by atoms with Gasteiger partial charge < -0.3 is 47.8 Å². The Morgan fingerprint density at radius 2 is 1.42 bits per heavy atom. The van der Waals surface area contributed by atoms with Crippen molar-refractivity contribution in [1.82, 2.24) is 16.0 Å². The molecule has 202 valence electrons. The number of hydrogen-bond donors (Lipinski definition) is 9. The third kappa shape index (κ3) is 10.2. The number of carbonyl (C=O) groups excluding carboxylic acids is 3. The van der Waals surface area contributed by atoms with Gasteiger partial charge in [0.1, 0.15) is 17.8 Å². The topological polar surface area (TPSA) is 237 Å². The Bertz CT molecular complexity index is 878. The second-order valence-corrected chi connectivity index (χ2v) is 8.61. The number of nitrogens with two attached hydrogens (primary N) is 2. The molecule has 36 heavy (non-hydrogen) atoms. The first-order valence-electron chi connectivity index (χ1n) is 11.6. The Kier molecular flexibility index (Phi) is 12.8. The Hall–Kier alpha value is -3.26. The zero-order chi connectivity index (χ0) is 27.4. The van der Waals surface area contributed by atoms with Crippen LogP contribution in [0.25, 0.3) is 0 Å². The number of unbranched alkanes of at least 4 members (excludes halogenated alkanes) is 1. The highest BCUT2D eigenvalue weighted by atomic mass is 16.4. The standard InChI is InChI=1S/C23H37N5O8/c1-12(29)18(22(34)28-19(13(2)30)23(35)36)27-21(33)17(5-3-4-10-24)26-20(32)16(25)11-14-6-8-15(31)9-7-14/h6-9,12-13,16-19,29-31H,3-5,10-11,24-25H2,1-2H3,(H,26,32)(H,27,33)(H,28,34)(H,35,36). The Balaban J connectivity index is 2.94. The lowest BCUT2D eigenvalue weighted by Crippen LogP contribution is -2.61. The zero-order valence-electron chi connectivity index (χ0n) is 20.4. The van der Waals surface area contributed by atoms with Crippen molar-refractivity contribution in [2.75, 3.05) is 6.54 Å². The minimum absolute atomic E-state index is 0.0632. The van der Waals surface area contributed by atoms with E-state index >= 15 is 0 Å². The first kappa shape index (κ1) is 30.8. The summed E-state index contributed by atoms with van der Waals surface area (Å²) in [6.07, 6.45) is -1.52. The Morgan fingerprint density at radius 3 is 1.92 bits per heavy atom. The van der Waals surface area contributed by atoms with E-state index in [0.717, 1.165) is 0 Å². The Morgan fingerprint density at radius 1 is 0.861 bits per heavy atom. The number of carboxylic acid groups (broad SMARTS) is 1. The predicted octanol–water partition coefficient (Wildman–Crippen LogP) is -2.31. The van der Waals surface area contributed by atoms with Crippen LogP contribution in [0.1, 0.15) is 38.7 Å². The van der Waals surface area contributed by atoms with E-state index in [9.17, 15) is 34.5 Å². The lowest BCUT2D eigenvalue weighted by molar-refractivity contribution is -0.146. The van der Waals surface area contributed by atoms with Gasteiger partial charge in [-0.15, -0.1) is 0 Å². The summed E-state index contributed by atoms with van der Waals surface area (Å²) >= 11 is 0. The molecule has 13 nitrogen and oxygen atoms in total. The molecular formula is C23H37N5O8. The van der Waals surface area contributed by atoms with Gasteiger partial charge in [-0.2, -0.15) is 0 Å². The van der Waals surface area contributed by atoms with Crippen molar-refractivity contribution >= 4 is 23.7 Å². The number of aliphatic carboxylic acids is 1. The molecule has 0 aliphatic carbocycles. The van der Waals surface area contributed by atoms with Crippen LogP contribution in [0, 0.1) is 0 Å². The number of rotatable bonds is 15. The van der Waals surface area contributed by atoms with E-state index in [1.54, 1.807) is 12.1 Å². The molecule has 1 aromatic rings. The third-order valence-electron chi connectivity index (χ3n) is 5.42. The molecule has 6 atom stereocenters. The summed E-state index contributed by atoms with van der Waals surface area (Å²) in [5, 5.41) is 45.2. The van der Waals surface area contributed by atoms with Crippen LogP contribution in [0.4, 0.5) is 0 Å². The number of aliphatic hydroxyl groups excluding tert-OH is 2. The highest BCUT2D eigenvalue weighted by molar-refractivity contribution is 5.94. The van der Waals surface area contributed by atoms with E-state index in [4.69, 9.17) is 16.6 Å². The number of carbonyl (C=O) groups is 4. The van der Waals surface area contributed by atoms with Crippen molar-refractivity contribution in [2.45, 2.75) is 75.9 Å². The first-order valence-corrected chi connectivity index (χ1v) is 11.6. The highest BCUT2D eigenvalue weighted by Crippen LogP contribution is 2.11. The summed E-state index contributed by atoms with van der Waals surface area (Å²) in [4.78, 5) is 49.5. The summed E-state index contributed by atoms with van der Waals surface area (Å²) < 4.78 is 0. The van der Waals surface area contributed by atoms with Crippen molar-refractivity contribution in [2.24, 2.45) is 11.5 Å². The fraction of sp³-hybridized carbons (Fsp3) is 0.565. The smallest absolute Gasteiger partial charge is 0.328 e. The number of aliphatic hydroxyl groups is 2. The second kappa shape index (κ2) is 15.0. The van der Waals surface area contributed by atoms with Crippen molar-refractivity contribution < 1.29 is 39.6 Å². The first-order chi connectivity index (χ1) is 16.9. The predicted molar refractivity (Wildman–Crippen MR) is 129 cm³/mol. The van der Waals surface area contributed by atoms with Crippen molar-refractivity contribution in [3.05, 3.63) is 29.8 Å². The summed E-state index contributed by atoms with van der Waals surface area (Å²) in [5.41, 5.74) is 12.2. The van der Waals surface area contributed by atoms with E-state index in [1.165, 1.54) is 26.0 Å². The molecule has 0 aliphatic rings. The van der Waals surface area contributed by atoms with Crippen molar-refractivity contribution in [3.8, 4) is 5.75 Å². The molecule has 0 heterocycles. The van der Waals surface area contributed by atoms with Crippen LogP contribution in [0.2, 0.25) is 0 Å². The zero-order valence-corrected chi connectivity index (χ0v) is 20.4. The maximum absolute atomic E-state index is 13.0. The van der Waals surface area contributed by atoms with E-state index in [1.807, 2.05) is 0 Å². The molecule has 1 aromatic carbocycles. The maximum atomic E-state index is 13.0. The number of amides is 3. The molecule has 6 unspecified atom stereocenters. The van der Waals surface area contributed by atoms with Gasteiger partial charge in [0.15, 0.2) is 6.04 Å². The number of nitrogens with one attached hydrogen (secondary N) is 3. The van der Waals surface area contributed by atoms with Gasteiger partial charge in [0.05, 0.1) is 18.2 Å². The molecule has 0 radical (unpaired) electrons. The lowest BCUT2D eigenvalue weighted by Gasteiger charge is -2.27. The molecule has 3 amide bonds. The van der Waals surface area contributed by atoms with Crippen LogP contribution < -0.4 is 27.4 Å². The van der Waals surface area contributed by atoms with Gasteiger partial charge in [-0.3, -0.25) is 14.4 Å². The van der Waals surface area contributed by atoms with Gasteiger partial charge in [-0.05, 0) is 63.8 Å². The van der Waals surface area contributed by atoms with E-state index < -0.39 is 60.1 Å². The van der Waals surface area contributed by atoms with Crippen LogP contribution >= 0.6 is 0 Å².